The first-order valence-electron chi connectivity index (χ1n) is 4.93. The molecule has 0 unspecified atom stereocenters. The van der Waals surface area contributed by atoms with Crippen LogP contribution in [-0.4, -0.2) is 4.32 Å². The molecule has 0 aromatic heterocycles. The van der Waals surface area contributed by atoms with Crippen LogP contribution < -0.4 is 0 Å². The lowest BCUT2D eigenvalue weighted by atomic mass is 10.2. The van der Waals surface area contributed by atoms with Crippen molar-refractivity contribution in [2.75, 3.05) is 0 Å². The Morgan fingerprint density at radius 3 is 1.55 bits per heavy atom. The fraction of sp³-hybridized carbons (Fsp3) is 1.00. The third kappa shape index (κ3) is 0.460. The summed E-state index contributed by atoms with van der Waals surface area (Å²) in [6, 6.07) is 0. The van der Waals surface area contributed by atoms with E-state index in [1.54, 1.807) is 25.7 Å². The predicted molar refractivity (Wildman–Crippen MR) is 47.7 cm³/mol. The van der Waals surface area contributed by atoms with Gasteiger partial charge in [0, 0.05) is 4.32 Å². The summed E-state index contributed by atoms with van der Waals surface area (Å²) in [5, 5.41) is 0. The van der Waals surface area contributed by atoms with Crippen LogP contribution in [0, 0.1) is 16.7 Å². The van der Waals surface area contributed by atoms with Gasteiger partial charge >= 0.3 is 0 Å². The molecule has 11 heavy (non-hydrogen) atoms. The van der Waals surface area contributed by atoms with E-state index in [0.29, 0.717) is 4.32 Å². The summed E-state index contributed by atoms with van der Waals surface area (Å²) in [6.07, 6.45) is 9.24. The molecule has 0 radical (unpaired) electrons. The van der Waals surface area contributed by atoms with Crippen LogP contribution in [0.2, 0.25) is 0 Å². The Hall–Kier alpha value is 0.480. The van der Waals surface area contributed by atoms with Gasteiger partial charge in [0.05, 0.1) is 0 Å². The highest BCUT2D eigenvalue weighted by molar-refractivity contribution is 9.10. The van der Waals surface area contributed by atoms with Gasteiger partial charge in [0.1, 0.15) is 0 Å². The van der Waals surface area contributed by atoms with Gasteiger partial charge in [-0.3, -0.25) is 0 Å². The molecule has 1 heteroatoms. The zero-order valence-electron chi connectivity index (χ0n) is 6.70. The van der Waals surface area contributed by atoms with Crippen molar-refractivity contribution in [2.45, 2.75) is 42.8 Å². The van der Waals surface area contributed by atoms with Crippen LogP contribution in [0.15, 0.2) is 0 Å². The van der Waals surface area contributed by atoms with E-state index in [1.165, 1.54) is 12.8 Å². The van der Waals surface area contributed by atoms with Gasteiger partial charge < -0.3 is 0 Å². The molecule has 0 bridgehead atoms. The van der Waals surface area contributed by atoms with Crippen molar-refractivity contribution < 1.29 is 0 Å². The molecule has 4 saturated carbocycles. The first-order chi connectivity index (χ1) is 5.24. The topological polar surface area (TPSA) is 0 Å². The van der Waals surface area contributed by atoms with Crippen LogP contribution in [0.3, 0.4) is 0 Å². The van der Waals surface area contributed by atoms with E-state index in [-0.39, 0.29) is 0 Å². The normalized spacial score (nSPS) is 44.5. The number of hydrogen-bond acceptors (Lipinski definition) is 0. The molecule has 0 amide bonds. The molecule has 4 aliphatic rings. The highest BCUT2D eigenvalue weighted by Crippen LogP contribution is 2.97. The van der Waals surface area contributed by atoms with Gasteiger partial charge in [0.15, 0.2) is 0 Å². The van der Waals surface area contributed by atoms with E-state index in [2.05, 4.69) is 15.9 Å². The smallest absolute Gasteiger partial charge is 0.0298 e. The lowest BCUT2D eigenvalue weighted by Gasteiger charge is -2.02. The highest BCUT2D eigenvalue weighted by Gasteiger charge is 2.90. The molecule has 0 aliphatic heterocycles. The summed E-state index contributed by atoms with van der Waals surface area (Å²) in [4.78, 5) is 0. The van der Waals surface area contributed by atoms with Crippen molar-refractivity contribution in [1.82, 2.24) is 0 Å². The number of rotatable bonds is 1. The lowest BCUT2D eigenvalue weighted by molar-refractivity contribution is 0.663. The summed E-state index contributed by atoms with van der Waals surface area (Å²) in [7, 11) is 0. The van der Waals surface area contributed by atoms with E-state index in [4.69, 9.17) is 0 Å². The highest BCUT2D eigenvalue weighted by atomic mass is 79.9. The molecule has 0 atom stereocenters. The summed E-state index contributed by atoms with van der Waals surface area (Å²) < 4.78 is 0.667. The number of hydrogen-bond donors (Lipinski definition) is 0. The maximum Gasteiger partial charge on any atom is 0.0298 e. The van der Waals surface area contributed by atoms with E-state index < -0.39 is 0 Å². The molecular formula is C10H13Br. The number of halogens is 1. The van der Waals surface area contributed by atoms with Crippen molar-refractivity contribution in [3.63, 3.8) is 0 Å². The van der Waals surface area contributed by atoms with Crippen molar-refractivity contribution in [1.29, 1.82) is 0 Å². The number of fused-ring (bicyclic) bond motifs is 1. The molecule has 0 aromatic carbocycles. The Morgan fingerprint density at radius 1 is 0.818 bits per heavy atom. The lowest BCUT2D eigenvalue weighted by Crippen LogP contribution is -2.02. The van der Waals surface area contributed by atoms with Gasteiger partial charge in [-0.2, -0.15) is 0 Å². The average Bonchev–Trinajstić information content (AvgIpc) is 2.66. The fourth-order valence-corrected chi connectivity index (χ4v) is 5.05. The molecule has 60 valence electrons. The quantitative estimate of drug-likeness (QED) is 0.587. The first-order valence-corrected chi connectivity index (χ1v) is 5.72. The van der Waals surface area contributed by atoms with Crippen LogP contribution in [0.4, 0.5) is 0 Å². The zero-order valence-corrected chi connectivity index (χ0v) is 8.28. The largest absolute Gasteiger partial charge is 0.0850 e. The minimum absolute atomic E-state index is 0.667. The molecule has 2 spiro atoms. The Morgan fingerprint density at radius 2 is 1.27 bits per heavy atom. The van der Waals surface area contributed by atoms with Gasteiger partial charge in [-0.15, -0.1) is 0 Å². The average molecular weight is 213 g/mol. The molecule has 0 N–H and O–H groups in total. The van der Waals surface area contributed by atoms with E-state index in [0.717, 1.165) is 16.7 Å². The molecule has 4 aliphatic carbocycles. The summed E-state index contributed by atoms with van der Waals surface area (Å²) in [6.45, 7) is 0. The van der Waals surface area contributed by atoms with Gasteiger partial charge in [0.25, 0.3) is 0 Å². The summed E-state index contributed by atoms with van der Waals surface area (Å²) >= 11 is 3.95. The molecule has 0 aromatic rings. The predicted octanol–water partition coefficient (Wildman–Crippen LogP) is 3.10. The molecule has 0 nitrogen and oxygen atoms in total. The van der Waals surface area contributed by atoms with Gasteiger partial charge in [-0.1, -0.05) is 15.9 Å². The van der Waals surface area contributed by atoms with Crippen LogP contribution >= 0.6 is 15.9 Å². The maximum absolute atomic E-state index is 3.95. The minimum Gasteiger partial charge on any atom is -0.0850 e. The van der Waals surface area contributed by atoms with Gasteiger partial charge in [0.2, 0.25) is 0 Å². The molecular weight excluding hydrogens is 200 g/mol. The summed E-state index contributed by atoms with van der Waals surface area (Å²) in [5.74, 6) is 1.13. The van der Waals surface area contributed by atoms with Crippen molar-refractivity contribution in [3.8, 4) is 0 Å². The van der Waals surface area contributed by atoms with E-state index in [1.807, 2.05) is 0 Å². The standard InChI is InChI=1S/C10H13Br/c11-10(5-6-10)7-8(1-2-8)9(7)3-4-9/h7H,1-6H2. The second-order valence-electron chi connectivity index (χ2n) is 5.28. The Labute approximate surface area is 75.9 Å². The van der Waals surface area contributed by atoms with Crippen LogP contribution in [0.5, 0.6) is 0 Å². The second kappa shape index (κ2) is 1.25. The molecule has 4 rings (SSSR count). The molecule has 0 saturated heterocycles. The monoisotopic (exact) mass is 212 g/mol. The van der Waals surface area contributed by atoms with Gasteiger partial charge in [-0.25, -0.2) is 0 Å². The third-order valence-electron chi connectivity index (χ3n) is 4.84. The van der Waals surface area contributed by atoms with Crippen molar-refractivity contribution >= 4 is 15.9 Å². The van der Waals surface area contributed by atoms with Crippen LogP contribution in [0.25, 0.3) is 0 Å². The Bertz CT molecular complexity index is 226. The van der Waals surface area contributed by atoms with Crippen LogP contribution in [-0.2, 0) is 0 Å². The first kappa shape index (κ1) is 6.01. The van der Waals surface area contributed by atoms with E-state index in [9.17, 15) is 0 Å². The Balaban J connectivity index is 1.77. The van der Waals surface area contributed by atoms with Crippen molar-refractivity contribution in [2.24, 2.45) is 16.7 Å². The molecule has 0 heterocycles. The summed E-state index contributed by atoms with van der Waals surface area (Å²) in [5.41, 5.74) is 1.85. The molecule has 4 fully saturated rings. The van der Waals surface area contributed by atoms with E-state index >= 15 is 0 Å². The maximum atomic E-state index is 3.95. The van der Waals surface area contributed by atoms with Crippen molar-refractivity contribution in [3.05, 3.63) is 0 Å². The SMILES string of the molecule is BrC1(C2C3(CC3)C23CC3)CC1. The third-order valence-corrected chi connectivity index (χ3v) is 6.09. The van der Waals surface area contributed by atoms with Crippen LogP contribution in [0.1, 0.15) is 38.5 Å². The van der Waals surface area contributed by atoms with Gasteiger partial charge in [-0.05, 0) is 55.3 Å². The second-order valence-corrected chi connectivity index (χ2v) is 6.86. The Kier molecular flexibility index (Phi) is 0.682. The zero-order chi connectivity index (χ0) is 7.32. The fourth-order valence-electron chi connectivity index (χ4n) is 3.98. The minimum atomic E-state index is 0.667. The number of alkyl halides is 1.